The highest BCUT2D eigenvalue weighted by atomic mass is 16.2. The molecule has 12 nitrogen and oxygen atoms in total. The number of aliphatic imine (C=N–C) groups is 1. The summed E-state index contributed by atoms with van der Waals surface area (Å²) in [4.78, 5) is 56.0. The molecule has 2 unspecified atom stereocenters. The number of nitrogens with zero attached hydrogens (tertiary/aromatic N) is 2. The SMILES string of the molecule is CCCCCC(C)CCC(=O)NCCCN(CCCNC(=O)CCC(C)CCCCC)C(=O)CCC(=O)NCCCNCCCN=C(N)N. The van der Waals surface area contributed by atoms with Gasteiger partial charge in [0, 0.05) is 65.0 Å². The van der Waals surface area contributed by atoms with E-state index in [4.69, 9.17) is 11.5 Å². The predicted molar refractivity (Wildman–Crippen MR) is 202 cm³/mol. The Hall–Kier alpha value is -2.89. The molecular weight excluding hydrogens is 620 g/mol. The lowest BCUT2D eigenvalue weighted by atomic mass is 9.98. The summed E-state index contributed by atoms with van der Waals surface area (Å²) in [5.74, 6) is 1.06. The molecule has 0 aromatic rings. The van der Waals surface area contributed by atoms with Gasteiger partial charge in [0.05, 0.1) is 0 Å². The number of carbonyl (C=O) groups excluding carboxylic acids is 4. The topological polar surface area (TPSA) is 184 Å². The van der Waals surface area contributed by atoms with Crippen molar-refractivity contribution in [3.63, 3.8) is 0 Å². The summed E-state index contributed by atoms with van der Waals surface area (Å²) >= 11 is 0. The third kappa shape index (κ3) is 30.9. The van der Waals surface area contributed by atoms with Crippen molar-refractivity contribution < 1.29 is 19.2 Å². The molecule has 0 radical (unpaired) electrons. The predicted octanol–water partition coefficient (Wildman–Crippen LogP) is 4.36. The fraction of sp³-hybridized carbons (Fsp3) is 0.865. The first-order valence-electron chi connectivity index (χ1n) is 19.4. The molecule has 0 spiro atoms. The number of hydrogen-bond donors (Lipinski definition) is 6. The minimum Gasteiger partial charge on any atom is -0.370 e. The van der Waals surface area contributed by atoms with Crippen molar-refractivity contribution in [3.8, 4) is 0 Å². The number of nitrogens with two attached hydrogens (primary N) is 2. The number of carbonyl (C=O) groups is 4. The number of hydrogen-bond acceptors (Lipinski definition) is 6. The molecule has 0 aliphatic rings. The van der Waals surface area contributed by atoms with E-state index in [-0.39, 0.29) is 42.4 Å². The van der Waals surface area contributed by atoms with Gasteiger partial charge in [-0.15, -0.1) is 0 Å². The minimum atomic E-state index is -0.145. The maximum absolute atomic E-state index is 13.2. The Morgan fingerprint density at radius 1 is 0.571 bits per heavy atom. The Morgan fingerprint density at radius 2 is 1.04 bits per heavy atom. The summed E-state index contributed by atoms with van der Waals surface area (Å²) in [6, 6.07) is 0. The first-order valence-corrected chi connectivity index (χ1v) is 19.4. The Bertz CT molecular complexity index is 858. The molecule has 8 N–H and O–H groups in total. The van der Waals surface area contributed by atoms with E-state index in [0.717, 1.165) is 51.6 Å². The van der Waals surface area contributed by atoms with Gasteiger partial charge < -0.3 is 37.6 Å². The highest BCUT2D eigenvalue weighted by Crippen LogP contribution is 2.15. The Balaban J connectivity index is 4.58. The van der Waals surface area contributed by atoms with Crippen molar-refractivity contribution in [1.82, 2.24) is 26.2 Å². The van der Waals surface area contributed by atoms with Crippen molar-refractivity contribution in [2.45, 2.75) is 143 Å². The van der Waals surface area contributed by atoms with Crippen LogP contribution < -0.4 is 32.7 Å². The van der Waals surface area contributed by atoms with Crippen molar-refractivity contribution >= 4 is 29.6 Å². The van der Waals surface area contributed by atoms with E-state index in [9.17, 15) is 19.2 Å². The van der Waals surface area contributed by atoms with Crippen LogP contribution in [0, 0.1) is 11.8 Å². The van der Waals surface area contributed by atoms with E-state index >= 15 is 0 Å². The molecule has 0 aromatic carbocycles. The molecule has 12 heteroatoms. The van der Waals surface area contributed by atoms with Crippen LogP contribution in [-0.4, -0.2) is 86.8 Å². The van der Waals surface area contributed by atoms with E-state index in [1.807, 2.05) is 0 Å². The van der Waals surface area contributed by atoms with E-state index in [0.29, 0.717) is 76.8 Å². The molecule has 2 atom stereocenters. The summed E-state index contributed by atoms with van der Waals surface area (Å²) < 4.78 is 0. The maximum atomic E-state index is 13.2. The Morgan fingerprint density at radius 3 is 1.53 bits per heavy atom. The van der Waals surface area contributed by atoms with Crippen LogP contribution in [-0.2, 0) is 19.2 Å². The molecule has 4 amide bonds. The highest BCUT2D eigenvalue weighted by Gasteiger charge is 2.16. The van der Waals surface area contributed by atoms with Gasteiger partial charge >= 0.3 is 0 Å². The molecule has 0 aliphatic carbocycles. The Labute approximate surface area is 298 Å². The lowest BCUT2D eigenvalue weighted by Gasteiger charge is -2.23. The summed E-state index contributed by atoms with van der Waals surface area (Å²) in [5.41, 5.74) is 10.6. The van der Waals surface area contributed by atoms with Crippen LogP contribution >= 0.6 is 0 Å². The summed E-state index contributed by atoms with van der Waals surface area (Å²) in [5, 5.41) is 12.2. The number of amides is 4. The summed E-state index contributed by atoms with van der Waals surface area (Å²) in [7, 11) is 0. The average molecular weight is 695 g/mol. The zero-order valence-corrected chi connectivity index (χ0v) is 31.7. The van der Waals surface area contributed by atoms with Crippen LogP contribution in [0.5, 0.6) is 0 Å². The van der Waals surface area contributed by atoms with Gasteiger partial charge in [-0.3, -0.25) is 24.2 Å². The smallest absolute Gasteiger partial charge is 0.223 e. The molecule has 0 fully saturated rings. The first-order chi connectivity index (χ1) is 23.6. The molecule has 0 saturated carbocycles. The van der Waals surface area contributed by atoms with Crippen molar-refractivity contribution in [2.75, 3.05) is 52.4 Å². The van der Waals surface area contributed by atoms with Gasteiger partial charge in [-0.05, 0) is 63.5 Å². The quantitative estimate of drug-likeness (QED) is 0.0335. The molecule has 0 bridgehead atoms. The molecule has 286 valence electrons. The van der Waals surface area contributed by atoms with Crippen LogP contribution in [0.3, 0.4) is 0 Å². The molecule has 49 heavy (non-hydrogen) atoms. The van der Waals surface area contributed by atoms with Gasteiger partial charge in [0.25, 0.3) is 0 Å². The highest BCUT2D eigenvalue weighted by molar-refractivity contribution is 5.83. The number of unbranched alkanes of at least 4 members (excludes halogenated alkanes) is 4. The van der Waals surface area contributed by atoms with E-state index in [1.165, 1.54) is 38.5 Å². The second-order valence-corrected chi connectivity index (χ2v) is 13.7. The van der Waals surface area contributed by atoms with Crippen molar-refractivity contribution in [2.24, 2.45) is 28.3 Å². The van der Waals surface area contributed by atoms with Gasteiger partial charge in [-0.1, -0.05) is 79.1 Å². The lowest BCUT2D eigenvalue weighted by Crippen LogP contribution is -2.37. The third-order valence-electron chi connectivity index (χ3n) is 8.76. The van der Waals surface area contributed by atoms with Crippen molar-refractivity contribution in [3.05, 3.63) is 0 Å². The normalized spacial score (nSPS) is 12.2. The second-order valence-electron chi connectivity index (χ2n) is 13.7. The first kappa shape index (κ1) is 46.1. The van der Waals surface area contributed by atoms with Gasteiger partial charge in [-0.25, -0.2) is 0 Å². The molecule has 0 aliphatic heterocycles. The molecular formula is C37H74N8O4. The minimum absolute atomic E-state index is 0.0560. The van der Waals surface area contributed by atoms with Gasteiger partial charge in [0.1, 0.15) is 0 Å². The third-order valence-corrected chi connectivity index (χ3v) is 8.76. The zero-order valence-electron chi connectivity index (χ0n) is 31.7. The number of rotatable bonds is 33. The number of guanidine groups is 1. The summed E-state index contributed by atoms with van der Waals surface area (Å²) in [6.45, 7) is 13.5. The molecule has 0 rings (SSSR count). The standard InChI is InChI=1S/C37H74N8O4/c1-5-7-9-15-31(3)17-19-33(46)42-27-13-29-45(30-14-28-43-34(47)20-18-32(4)16-10-8-6-2)36(49)22-21-35(48)41-25-11-23-40-24-12-26-44-37(38)39/h31-32,40H,5-30H2,1-4H3,(H,41,48)(H,42,46)(H,43,47)(H4,38,39,44). The van der Waals surface area contributed by atoms with Crippen LogP contribution in [0.2, 0.25) is 0 Å². The molecule has 0 aromatic heterocycles. The molecule has 0 saturated heterocycles. The monoisotopic (exact) mass is 695 g/mol. The lowest BCUT2D eigenvalue weighted by molar-refractivity contribution is -0.133. The van der Waals surface area contributed by atoms with Crippen LogP contribution in [0.15, 0.2) is 4.99 Å². The maximum Gasteiger partial charge on any atom is 0.223 e. The van der Waals surface area contributed by atoms with Crippen LogP contribution in [0.1, 0.15) is 143 Å². The van der Waals surface area contributed by atoms with Gasteiger partial charge in [-0.2, -0.15) is 0 Å². The Kier molecular flexibility index (Phi) is 30.4. The number of nitrogens with one attached hydrogen (secondary N) is 4. The van der Waals surface area contributed by atoms with Crippen LogP contribution in [0.25, 0.3) is 0 Å². The van der Waals surface area contributed by atoms with E-state index in [2.05, 4.69) is 54.0 Å². The fourth-order valence-corrected chi connectivity index (χ4v) is 5.51. The summed E-state index contributed by atoms with van der Waals surface area (Å²) in [6.07, 6.45) is 15.6. The average Bonchev–Trinajstić information content (AvgIpc) is 3.07. The largest absolute Gasteiger partial charge is 0.370 e. The van der Waals surface area contributed by atoms with E-state index < -0.39 is 0 Å². The van der Waals surface area contributed by atoms with Gasteiger partial charge in [0.2, 0.25) is 23.6 Å². The fourth-order valence-electron chi connectivity index (χ4n) is 5.51. The molecule has 0 heterocycles. The van der Waals surface area contributed by atoms with Crippen molar-refractivity contribution in [1.29, 1.82) is 0 Å². The van der Waals surface area contributed by atoms with Crippen LogP contribution in [0.4, 0.5) is 0 Å². The van der Waals surface area contributed by atoms with E-state index in [1.54, 1.807) is 4.90 Å². The van der Waals surface area contributed by atoms with Gasteiger partial charge in [0.15, 0.2) is 5.96 Å². The second kappa shape index (κ2) is 32.3. The zero-order chi connectivity index (χ0) is 36.5.